The molecule has 2 heterocycles. The summed E-state index contributed by atoms with van der Waals surface area (Å²) in [6.45, 7) is 6.03. The second kappa shape index (κ2) is 6.72. The van der Waals surface area contributed by atoms with Crippen LogP contribution in [0.4, 0.5) is 11.5 Å². The van der Waals surface area contributed by atoms with E-state index in [9.17, 15) is 0 Å². The molecule has 4 rings (SSSR count). The Balaban J connectivity index is 1.86. The van der Waals surface area contributed by atoms with Crippen LogP contribution in [0.2, 0.25) is 0 Å². The monoisotopic (exact) mass is 359 g/mol. The maximum atomic E-state index is 5.23. The van der Waals surface area contributed by atoms with Gasteiger partial charge in [0.05, 0.1) is 23.8 Å². The molecule has 0 aliphatic carbocycles. The zero-order valence-electron chi connectivity index (χ0n) is 15.8. The van der Waals surface area contributed by atoms with Gasteiger partial charge in [0.1, 0.15) is 5.75 Å². The highest BCUT2D eigenvalue weighted by Gasteiger charge is 2.15. The number of aryl methyl sites for hydroxylation is 3. The Hall–Kier alpha value is -3.41. The van der Waals surface area contributed by atoms with Crippen LogP contribution in [-0.2, 0) is 0 Å². The Bertz CT molecular complexity index is 1120. The number of fused-ring (bicyclic) bond motifs is 1. The van der Waals surface area contributed by atoms with E-state index in [2.05, 4.69) is 10.4 Å². The molecule has 6 nitrogen and oxygen atoms in total. The molecule has 0 radical (unpaired) electrons. The number of aromatic nitrogens is 4. The van der Waals surface area contributed by atoms with Crippen molar-refractivity contribution in [3.05, 3.63) is 65.5 Å². The van der Waals surface area contributed by atoms with Crippen molar-refractivity contribution < 1.29 is 4.74 Å². The fourth-order valence-corrected chi connectivity index (χ4v) is 3.04. The van der Waals surface area contributed by atoms with Crippen LogP contribution in [0.25, 0.3) is 16.9 Å². The molecule has 0 fully saturated rings. The number of hydrogen-bond donors (Lipinski definition) is 1. The predicted octanol–water partition coefficient (Wildman–Crippen LogP) is 4.49. The first-order chi connectivity index (χ1) is 13.0. The van der Waals surface area contributed by atoms with Gasteiger partial charge < -0.3 is 10.1 Å². The largest absolute Gasteiger partial charge is 0.497 e. The first-order valence-electron chi connectivity index (χ1n) is 8.76. The number of methoxy groups -OCH3 is 1. The van der Waals surface area contributed by atoms with E-state index < -0.39 is 0 Å². The second-order valence-electron chi connectivity index (χ2n) is 6.58. The van der Waals surface area contributed by atoms with E-state index in [0.717, 1.165) is 39.4 Å². The van der Waals surface area contributed by atoms with Crippen molar-refractivity contribution in [3.8, 4) is 11.6 Å². The van der Waals surface area contributed by atoms with Gasteiger partial charge in [-0.2, -0.15) is 5.10 Å². The standard InChI is InChI=1S/C21H21N5O/c1-13-5-10-18-19(11-13)24-21(26-15(3)12-14(2)25-26)20(23-18)22-16-6-8-17(27-4)9-7-16/h5-12H,1-4H3,(H,22,23). The number of nitrogens with one attached hydrogen (secondary N) is 1. The summed E-state index contributed by atoms with van der Waals surface area (Å²) in [6.07, 6.45) is 0. The van der Waals surface area contributed by atoms with Crippen molar-refractivity contribution in [1.82, 2.24) is 19.7 Å². The summed E-state index contributed by atoms with van der Waals surface area (Å²) < 4.78 is 7.06. The zero-order chi connectivity index (χ0) is 19.0. The number of benzene rings is 2. The first-order valence-corrected chi connectivity index (χ1v) is 8.76. The van der Waals surface area contributed by atoms with Crippen molar-refractivity contribution in [2.75, 3.05) is 12.4 Å². The Kier molecular flexibility index (Phi) is 4.24. The van der Waals surface area contributed by atoms with Gasteiger partial charge in [-0.15, -0.1) is 0 Å². The molecule has 0 unspecified atom stereocenters. The van der Waals surface area contributed by atoms with E-state index >= 15 is 0 Å². The lowest BCUT2D eigenvalue weighted by Gasteiger charge is -2.13. The Morgan fingerprint density at radius 2 is 1.67 bits per heavy atom. The molecule has 4 aromatic rings. The lowest BCUT2D eigenvalue weighted by Crippen LogP contribution is -2.08. The van der Waals surface area contributed by atoms with Gasteiger partial charge in [-0.1, -0.05) is 6.07 Å². The third-order valence-corrected chi connectivity index (χ3v) is 4.36. The fraction of sp³-hybridized carbons (Fsp3) is 0.190. The summed E-state index contributed by atoms with van der Waals surface area (Å²) in [4.78, 5) is 9.68. The lowest BCUT2D eigenvalue weighted by atomic mass is 10.2. The molecule has 0 bridgehead atoms. The number of hydrogen-bond acceptors (Lipinski definition) is 5. The third-order valence-electron chi connectivity index (χ3n) is 4.36. The van der Waals surface area contributed by atoms with Gasteiger partial charge in [0.15, 0.2) is 11.6 Å². The van der Waals surface area contributed by atoms with Crippen molar-refractivity contribution in [2.45, 2.75) is 20.8 Å². The van der Waals surface area contributed by atoms with Crippen molar-refractivity contribution in [2.24, 2.45) is 0 Å². The van der Waals surface area contributed by atoms with Crippen molar-refractivity contribution in [3.63, 3.8) is 0 Å². The van der Waals surface area contributed by atoms with Crippen molar-refractivity contribution >= 4 is 22.5 Å². The highest BCUT2D eigenvalue weighted by atomic mass is 16.5. The molecule has 136 valence electrons. The quantitative estimate of drug-likeness (QED) is 0.581. The molecule has 0 aliphatic rings. The van der Waals surface area contributed by atoms with E-state index in [1.165, 1.54) is 0 Å². The Morgan fingerprint density at radius 3 is 2.33 bits per heavy atom. The van der Waals surface area contributed by atoms with Crippen LogP contribution in [0.3, 0.4) is 0 Å². The van der Waals surface area contributed by atoms with Gasteiger partial charge in [0.2, 0.25) is 0 Å². The van der Waals surface area contributed by atoms with Gasteiger partial charge in [-0.3, -0.25) is 0 Å². The van der Waals surface area contributed by atoms with Gasteiger partial charge in [-0.25, -0.2) is 14.6 Å². The average Bonchev–Trinajstić information content (AvgIpc) is 3.00. The SMILES string of the molecule is COc1ccc(Nc2nc3ccc(C)cc3nc2-n2nc(C)cc2C)cc1. The van der Waals surface area contributed by atoms with Crippen LogP contribution in [-0.4, -0.2) is 26.9 Å². The minimum Gasteiger partial charge on any atom is -0.497 e. The van der Waals surface area contributed by atoms with Crippen LogP contribution in [0.5, 0.6) is 5.75 Å². The lowest BCUT2D eigenvalue weighted by molar-refractivity contribution is 0.415. The van der Waals surface area contributed by atoms with Crippen molar-refractivity contribution in [1.29, 1.82) is 0 Å². The fourth-order valence-electron chi connectivity index (χ4n) is 3.04. The summed E-state index contributed by atoms with van der Waals surface area (Å²) in [5, 5.41) is 7.97. The highest BCUT2D eigenvalue weighted by Crippen LogP contribution is 2.26. The molecule has 0 saturated heterocycles. The molecule has 0 aliphatic heterocycles. The van der Waals surface area contributed by atoms with Crippen LogP contribution in [0.15, 0.2) is 48.5 Å². The summed E-state index contributed by atoms with van der Waals surface area (Å²) in [5.41, 5.74) is 5.67. The predicted molar refractivity (Wildman–Crippen MR) is 107 cm³/mol. The maximum absolute atomic E-state index is 5.23. The Labute approximate surface area is 157 Å². The molecular weight excluding hydrogens is 338 g/mol. The van der Waals surface area contributed by atoms with E-state index in [1.54, 1.807) is 7.11 Å². The van der Waals surface area contributed by atoms with Gasteiger partial charge in [-0.05, 0) is 68.8 Å². The minimum atomic E-state index is 0.655. The Morgan fingerprint density at radius 1 is 0.889 bits per heavy atom. The molecule has 0 atom stereocenters. The molecule has 1 N–H and O–H groups in total. The van der Waals surface area contributed by atoms with Crippen LogP contribution >= 0.6 is 0 Å². The smallest absolute Gasteiger partial charge is 0.197 e. The molecule has 6 heteroatoms. The number of nitrogens with zero attached hydrogens (tertiary/aromatic N) is 4. The van der Waals surface area contributed by atoms with Gasteiger partial charge in [0, 0.05) is 11.4 Å². The molecule has 0 spiro atoms. The molecule has 2 aromatic carbocycles. The van der Waals surface area contributed by atoms with Gasteiger partial charge in [0.25, 0.3) is 0 Å². The molecule has 0 saturated carbocycles. The molecule has 27 heavy (non-hydrogen) atoms. The number of rotatable bonds is 4. The van der Waals surface area contributed by atoms with Crippen LogP contribution in [0.1, 0.15) is 17.0 Å². The van der Waals surface area contributed by atoms with E-state index in [1.807, 2.05) is 74.0 Å². The summed E-state index contributed by atoms with van der Waals surface area (Å²) in [7, 11) is 1.65. The maximum Gasteiger partial charge on any atom is 0.197 e. The van der Waals surface area contributed by atoms with Gasteiger partial charge >= 0.3 is 0 Å². The second-order valence-corrected chi connectivity index (χ2v) is 6.58. The normalized spacial score (nSPS) is 11.0. The van der Waals surface area contributed by atoms with E-state index in [-0.39, 0.29) is 0 Å². The zero-order valence-corrected chi connectivity index (χ0v) is 15.8. The topological polar surface area (TPSA) is 64.9 Å². The molecule has 2 aromatic heterocycles. The molecule has 0 amide bonds. The minimum absolute atomic E-state index is 0.655. The highest BCUT2D eigenvalue weighted by molar-refractivity contribution is 5.80. The number of anilines is 2. The summed E-state index contributed by atoms with van der Waals surface area (Å²) >= 11 is 0. The first kappa shape index (κ1) is 17.0. The van der Waals surface area contributed by atoms with Crippen LogP contribution < -0.4 is 10.1 Å². The summed E-state index contributed by atoms with van der Waals surface area (Å²) in [5.74, 6) is 2.14. The van der Waals surface area contributed by atoms with Crippen LogP contribution in [0, 0.1) is 20.8 Å². The third kappa shape index (κ3) is 3.33. The number of ether oxygens (including phenoxy) is 1. The average molecular weight is 359 g/mol. The van der Waals surface area contributed by atoms with E-state index in [4.69, 9.17) is 14.7 Å². The van der Waals surface area contributed by atoms with E-state index in [0.29, 0.717) is 11.6 Å². The molecular formula is C21H21N5O. The summed E-state index contributed by atoms with van der Waals surface area (Å²) in [6, 6.07) is 15.8.